The third-order valence-electron chi connectivity index (χ3n) is 5.69. The van der Waals surface area contributed by atoms with Gasteiger partial charge in [0.25, 0.3) is 5.91 Å². The van der Waals surface area contributed by atoms with Crippen LogP contribution in [0.2, 0.25) is 0 Å². The summed E-state index contributed by atoms with van der Waals surface area (Å²) in [6, 6.07) is 8.03. The van der Waals surface area contributed by atoms with Crippen molar-refractivity contribution in [1.29, 1.82) is 0 Å². The predicted molar refractivity (Wildman–Crippen MR) is 115 cm³/mol. The summed E-state index contributed by atoms with van der Waals surface area (Å²) in [6.45, 7) is 5.71. The first-order valence-corrected chi connectivity index (χ1v) is 10.7. The predicted octanol–water partition coefficient (Wildman–Crippen LogP) is 1.99. The first kappa shape index (κ1) is 21.1. The third-order valence-corrected chi connectivity index (χ3v) is 5.69. The number of carbonyl (C=O) groups is 2. The molecule has 1 aromatic rings. The summed E-state index contributed by atoms with van der Waals surface area (Å²) in [6.07, 6.45) is 4.87. The van der Waals surface area contributed by atoms with Crippen molar-refractivity contribution in [3.8, 4) is 0 Å². The zero-order valence-electron chi connectivity index (χ0n) is 17.6. The molecule has 0 saturated carbocycles. The summed E-state index contributed by atoms with van der Waals surface area (Å²) in [5.74, 6) is 1.04. The Bertz CT molecular complexity index is 742. The van der Waals surface area contributed by atoms with Gasteiger partial charge >= 0.3 is 0 Å². The highest BCUT2D eigenvalue weighted by atomic mass is 16.2. The van der Waals surface area contributed by atoms with Gasteiger partial charge in [-0.25, -0.2) is 0 Å². The van der Waals surface area contributed by atoms with Gasteiger partial charge in [-0.15, -0.1) is 0 Å². The Labute approximate surface area is 173 Å². The molecule has 2 N–H and O–H groups in total. The van der Waals surface area contributed by atoms with E-state index in [0.29, 0.717) is 25.5 Å². The lowest BCUT2D eigenvalue weighted by atomic mass is 10.1. The number of nitrogens with zero attached hydrogens (tertiary/aromatic N) is 3. The van der Waals surface area contributed by atoms with E-state index in [1.165, 1.54) is 6.42 Å². The number of guanidine groups is 1. The molecular formula is C22H33N5O2. The van der Waals surface area contributed by atoms with Crippen LogP contribution in [-0.4, -0.2) is 66.8 Å². The Balaban J connectivity index is 1.52. The maximum atomic E-state index is 12.7. The molecule has 0 radical (unpaired) electrons. The lowest BCUT2D eigenvalue weighted by molar-refractivity contribution is -0.129. The molecule has 2 saturated heterocycles. The zero-order chi connectivity index (χ0) is 20.6. The fourth-order valence-electron chi connectivity index (χ4n) is 4.00. The molecule has 1 atom stereocenters. The quantitative estimate of drug-likeness (QED) is 0.586. The first-order chi connectivity index (χ1) is 14.1. The van der Waals surface area contributed by atoms with Crippen LogP contribution in [0.25, 0.3) is 0 Å². The Morgan fingerprint density at radius 1 is 1.14 bits per heavy atom. The van der Waals surface area contributed by atoms with E-state index in [4.69, 9.17) is 0 Å². The van der Waals surface area contributed by atoms with Crippen molar-refractivity contribution in [2.45, 2.75) is 51.6 Å². The zero-order valence-corrected chi connectivity index (χ0v) is 17.6. The molecule has 2 fully saturated rings. The maximum absolute atomic E-state index is 12.7. The van der Waals surface area contributed by atoms with Gasteiger partial charge in [0.15, 0.2) is 5.96 Å². The molecule has 3 rings (SSSR count). The second-order valence-electron chi connectivity index (χ2n) is 7.80. The number of aliphatic imine (C=N–C) groups is 1. The van der Waals surface area contributed by atoms with Gasteiger partial charge in [-0.2, -0.15) is 0 Å². The average molecular weight is 400 g/mol. The number of rotatable bonds is 5. The molecule has 0 bridgehead atoms. The smallest absolute Gasteiger partial charge is 0.253 e. The standard InChI is InChI=1S/C22H33N5O2/c1-3-20(28)27-13-10-19(16-27)25-22(23-2)24-15-17-8-7-9-18(14-17)21(29)26-11-5-4-6-12-26/h7-9,14,19H,3-6,10-13,15-16H2,1-2H3,(H2,23,24,25). The molecule has 29 heavy (non-hydrogen) atoms. The van der Waals surface area contributed by atoms with Crippen LogP contribution >= 0.6 is 0 Å². The summed E-state index contributed by atoms with van der Waals surface area (Å²) in [7, 11) is 1.75. The topological polar surface area (TPSA) is 77.0 Å². The number of hydrogen-bond acceptors (Lipinski definition) is 3. The molecule has 7 nitrogen and oxygen atoms in total. The molecule has 7 heteroatoms. The fourth-order valence-corrected chi connectivity index (χ4v) is 4.00. The second-order valence-corrected chi connectivity index (χ2v) is 7.80. The number of piperidine rings is 1. The van der Waals surface area contributed by atoms with Crippen molar-refractivity contribution < 1.29 is 9.59 Å². The minimum atomic E-state index is 0.126. The number of hydrogen-bond donors (Lipinski definition) is 2. The van der Waals surface area contributed by atoms with Crippen molar-refractivity contribution >= 4 is 17.8 Å². The van der Waals surface area contributed by atoms with Gasteiger partial charge in [0.05, 0.1) is 0 Å². The molecule has 0 aromatic heterocycles. The van der Waals surface area contributed by atoms with Crippen molar-refractivity contribution in [2.24, 2.45) is 4.99 Å². The lowest BCUT2D eigenvalue weighted by Gasteiger charge is -2.26. The first-order valence-electron chi connectivity index (χ1n) is 10.7. The monoisotopic (exact) mass is 399 g/mol. The van der Waals surface area contributed by atoms with Crippen molar-refractivity contribution in [3.63, 3.8) is 0 Å². The van der Waals surface area contributed by atoms with E-state index < -0.39 is 0 Å². The number of benzene rings is 1. The third kappa shape index (κ3) is 5.71. The molecule has 2 aliphatic heterocycles. The SMILES string of the molecule is CCC(=O)N1CCC(NC(=NC)NCc2cccc(C(=O)N3CCCCC3)c2)C1. The number of likely N-dealkylation sites (tertiary alicyclic amines) is 2. The van der Waals surface area contributed by atoms with Crippen LogP contribution in [0.3, 0.4) is 0 Å². The highest BCUT2D eigenvalue weighted by molar-refractivity contribution is 5.94. The largest absolute Gasteiger partial charge is 0.352 e. The van der Waals surface area contributed by atoms with Crippen LogP contribution < -0.4 is 10.6 Å². The Morgan fingerprint density at radius 3 is 2.66 bits per heavy atom. The molecule has 2 aliphatic rings. The minimum absolute atomic E-state index is 0.126. The maximum Gasteiger partial charge on any atom is 0.253 e. The molecule has 1 unspecified atom stereocenters. The van der Waals surface area contributed by atoms with Gasteiger partial charge < -0.3 is 20.4 Å². The van der Waals surface area contributed by atoms with E-state index in [2.05, 4.69) is 15.6 Å². The van der Waals surface area contributed by atoms with Crippen molar-refractivity contribution in [2.75, 3.05) is 33.2 Å². The van der Waals surface area contributed by atoms with Crippen molar-refractivity contribution in [1.82, 2.24) is 20.4 Å². The summed E-state index contributed by atoms with van der Waals surface area (Å²) in [5.41, 5.74) is 1.80. The van der Waals surface area contributed by atoms with Gasteiger partial charge in [-0.05, 0) is 43.4 Å². The van der Waals surface area contributed by atoms with Crippen LogP contribution in [0.5, 0.6) is 0 Å². The van der Waals surface area contributed by atoms with E-state index in [-0.39, 0.29) is 17.9 Å². The number of nitrogens with one attached hydrogen (secondary N) is 2. The van der Waals surface area contributed by atoms with E-state index in [1.807, 2.05) is 41.0 Å². The molecule has 158 valence electrons. The van der Waals surface area contributed by atoms with Crippen LogP contribution in [0.1, 0.15) is 54.9 Å². The van der Waals surface area contributed by atoms with Gasteiger partial charge in [0.2, 0.25) is 5.91 Å². The van der Waals surface area contributed by atoms with Gasteiger partial charge in [-0.1, -0.05) is 19.1 Å². The average Bonchev–Trinajstić information content (AvgIpc) is 3.25. The highest BCUT2D eigenvalue weighted by Crippen LogP contribution is 2.14. The Kier molecular flexibility index (Phi) is 7.49. The molecule has 0 aliphatic carbocycles. The van der Waals surface area contributed by atoms with E-state index >= 15 is 0 Å². The number of carbonyl (C=O) groups excluding carboxylic acids is 2. The minimum Gasteiger partial charge on any atom is -0.352 e. The Morgan fingerprint density at radius 2 is 1.93 bits per heavy atom. The lowest BCUT2D eigenvalue weighted by Crippen LogP contribution is -2.44. The molecule has 0 spiro atoms. The summed E-state index contributed by atoms with van der Waals surface area (Å²) >= 11 is 0. The summed E-state index contributed by atoms with van der Waals surface area (Å²) in [5, 5.41) is 6.73. The van der Waals surface area contributed by atoms with Crippen molar-refractivity contribution in [3.05, 3.63) is 35.4 Å². The molecule has 1 aromatic carbocycles. The van der Waals surface area contributed by atoms with Crippen LogP contribution in [0.15, 0.2) is 29.3 Å². The fraction of sp³-hybridized carbons (Fsp3) is 0.591. The molecule has 2 heterocycles. The summed E-state index contributed by atoms with van der Waals surface area (Å²) < 4.78 is 0. The molecular weight excluding hydrogens is 366 g/mol. The van der Waals surface area contributed by atoms with Crippen LogP contribution in [0, 0.1) is 0 Å². The number of amides is 2. The van der Waals surface area contributed by atoms with Gasteiger partial charge in [0.1, 0.15) is 0 Å². The Hall–Kier alpha value is -2.57. The second kappa shape index (κ2) is 10.3. The van der Waals surface area contributed by atoms with E-state index in [0.717, 1.165) is 50.0 Å². The van der Waals surface area contributed by atoms with Crippen LogP contribution in [-0.2, 0) is 11.3 Å². The van der Waals surface area contributed by atoms with E-state index in [9.17, 15) is 9.59 Å². The van der Waals surface area contributed by atoms with E-state index in [1.54, 1.807) is 7.05 Å². The van der Waals surface area contributed by atoms with Crippen LogP contribution in [0.4, 0.5) is 0 Å². The van der Waals surface area contributed by atoms with Gasteiger partial charge in [-0.3, -0.25) is 14.6 Å². The molecule has 2 amide bonds. The summed E-state index contributed by atoms with van der Waals surface area (Å²) in [4.78, 5) is 32.7. The van der Waals surface area contributed by atoms with Gasteiger partial charge in [0, 0.05) is 57.8 Å². The normalized spacial score (nSPS) is 19.9. The highest BCUT2D eigenvalue weighted by Gasteiger charge is 2.25.